The molecule has 0 aliphatic rings. The fourth-order valence-electron chi connectivity index (χ4n) is 2.48. The molecule has 0 fully saturated rings. The van der Waals surface area contributed by atoms with Crippen molar-refractivity contribution in [3.63, 3.8) is 0 Å². The molecule has 0 atom stereocenters. The first-order chi connectivity index (χ1) is 11.6. The van der Waals surface area contributed by atoms with Crippen LogP contribution in [0.4, 0.5) is 4.39 Å². The molecule has 0 amide bonds. The maximum Gasteiger partial charge on any atom is 0.489 e. The minimum absolute atomic E-state index is 0.0601. The Bertz CT molecular complexity index is 901. The fourth-order valence-corrected chi connectivity index (χ4v) is 2.48. The molecule has 0 saturated heterocycles. The number of ether oxygens (including phenoxy) is 1. The second-order valence-corrected chi connectivity index (χ2v) is 5.21. The summed E-state index contributed by atoms with van der Waals surface area (Å²) in [5.41, 5.74) is 1.42. The van der Waals surface area contributed by atoms with Crippen LogP contribution in [0.25, 0.3) is 10.9 Å². The van der Waals surface area contributed by atoms with E-state index in [1.165, 1.54) is 30.3 Å². The van der Waals surface area contributed by atoms with Crippen molar-refractivity contribution in [2.24, 2.45) is 0 Å². The van der Waals surface area contributed by atoms with Crippen LogP contribution in [0.5, 0.6) is 5.75 Å². The third-order valence-corrected chi connectivity index (χ3v) is 3.61. The first-order valence-corrected chi connectivity index (χ1v) is 7.19. The molecule has 0 saturated carbocycles. The van der Waals surface area contributed by atoms with Crippen molar-refractivity contribution in [3.05, 3.63) is 65.6 Å². The van der Waals surface area contributed by atoms with Crippen LogP contribution in [0.2, 0.25) is 0 Å². The van der Waals surface area contributed by atoms with E-state index in [2.05, 4.69) is 4.98 Å². The van der Waals surface area contributed by atoms with Gasteiger partial charge in [-0.05, 0) is 35.8 Å². The molecule has 24 heavy (non-hydrogen) atoms. The fraction of sp³-hybridized carbons (Fsp3) is 0.0588. The van der Waals surface area contributed by atoms with Crippen molar-refractivity contribution < 1.29 is 24.0 Å². The molecule has 0 aliphatic carbocycles. The van der Waals surface area contributed by atoms with E-state index in [0.29, 0.717) is 28.5 Å². The largest absolute Gasteiger partial charge is 0.489 e. The van der Waals surface area contributed by atoms with Crippen molar-refractivity contribution in [1.82, 2.24) is 4.98 Å². The van der Waals surface area contributed by atoms with Gasteiger partial charge in [-0.25, -0.2) is 4.39 Å². The van der Waals surface area contributed by atoms with Crippen molar-refractivity contribution in [1.29, 1.82) is 0 Å². The molecule has 2 aromatic carbocycles. The van der Waals surface area contributed by atoms with E-state index in [1.54, 1.807) is 18.3 Å². The lowest BCUT2D eigenvalue weighted by Crippen LogP contribution is -2.32. The summed E-state index contributed by atoms with van der Waals surface area (Å²) in [6.45, 7) is 0.0601. The topological polar surface area (TPSA) is 79.7 Å². The number of hydrogen-bond donors (Lipinski definition) is 2. The zero-order valence-corrected chi connectivity index (χ0v) is 12.5. The second kappa shape index (κ2) is 6.78. The summed E-state index contributed by atoms with van der Waals surface area (Å²) >= 11 is 0. The Hall–Kier alpha value is -2.77. The zero-order valence-electron chi connectivity index (χ0n) is 12.5. The lowest BCUT2D eigenvalue weighted by Gasteiger charge is -2.11. The number of hydrogen-bond acceptors (Lipinski definition) is 5. The maximum absolute atomic E-state index is 13.7. The first-order valence-electron chi connectivity index (χ1n) is 7.19. The predicted octanol–water partition coefficient (Wildman–Crippen LogP) is 1.45. The van der Waals surface area contributed by atoms with Gasteiger partial charge in [-0.3, -0.25) is 9.78 Å². The highest BCUT2D eigenvalue weighted by molar-refractivity contribution is 6.60. The number of aldehydes is 1. The number of nitrogens with zero attached hydrogens (tertiary/aromatic N) is 1. The average molecular weight is 325 g/mol. The summed E-state index contributed by atoms with van der Waals surface area (Å²) in [6, 6.07) is 10.5. The number of carbonyl (C=O) groups is 1. The number of halogens is 1. The smallest absolute Gasteiger partial charge is 0.489 e. The summed E-state index contributed by atoms with van der Waals surface area (Å²) in [7, 11) is -1.74. The molecule has 5 nitrogen and oxygen atoms in total. The Morgan fingerprint density at radius 1 is 1.21 bits per heavy atom. The van der Waals surface area contributed by atoms with Gasteiger partial charge in [0.1, 0.15) is 24.5 Å². The van der Waals surface area contributed by atoms with E-state index >= 15 is 0 Å². The van der Waals surface area contributed by atoms with Gasteiger partial charge in [-0.1, -0.05) is 12.1 Å². The molecular weight excluding hydrogens is 312 g/mol. The molecule has 0 spiro atoms. The van der Waals surface area contributed by atoms with E-state index in [-0.39, 0.29) is 23.5 Å². The molecule has 0 aliphatic heterocycles. The maximum atomic E-state index is 13.7. The van der Waals surface area contributed by atoms with E-state index in [9.17, 15) is 19.2 Å². The van der Waals surface area contributed by atoms with Crippen molar-refractivity contribution in [2.45, 2.75) is 6.61 Å². The van der Waals surface area contributed by atoms with Gasteiger partial charge in [0.2, 0.25) is 0 Å². The summed E-state index contributed by atoms with van der Waals surface area (Å²) < 4.78 is 19.3. The van der Waals surface area contributed by atoms with Gasteiger partial charge in [0.05, 0.1) is 5.52 Å². The Morgan fingerprint density at radius 3 is 2.79 bits per heavy atom. The van der Waals surface area contributed by atoms with Gasteiger partial charge >= 0.3 is 7.12 Å². The normalized spacial score (nSPS) is 10.6. The van der Waals surface area contributed by atoms with E-state index in [1.807, 2.05) is 0 Å². The zero-order chi connectivity index (χ0) is 17.1. The Kier molecular flexibility index (Phi) is 4.55. The Labute approximate surface area is 137 Å². The molecule has 0 radical (unpaired) electrons. The van der Waals surface area contributed by atoms with Gasteiger partial charge in [-0.15, -0.1) is 0 Å². The third-order valence-electron chi connectivity index (χ3n) is 3.61. The first kappa shape index (κ1) is 16.1. The van der Waals surface area contributed by atoms with Crippen molar-refractivity contribution >= 4 is 29.8 Å². The third kappa shape index (κ3) is 3.27. The quantitative estimate of drug-likeness (QED) is 0.548. The van der Waals surface area contributed by atoms with E-state index in [4.69, 9.17) is 4.74 Å². The minimum atomic E-state index is -1.74. The van der Waals surface area contributed by atoms with Gasteiger partial charge in [0.25, 0.3) is 0 Å². The summed E-state index contributed by atoms with van der Waals surface area (Å²) in [5, 5.41) is 19.0. The van der Waals surface area contributed by atoms with Crippen molar-refractivity contribution in [2.75, 3.05) is 0 Å². The summed E-state index contributed by atoms with van der Waals surface area (Å²) in [4.78, 5) is 15.3. The van der Waals surface area contributed by atoms with E-state index in [0.717, 1.165) is 0 Å². The molecule has 1 aromatic heterocycles. The van der Waals surface area contributed by atoms with Gasteiger partial charge in [-0.2, -0.15) is 0 Å². The van der Waals surface area contributed by atoms with Crippen LogP contribution in [0.1, 0.15) is 15.9 Å². The highest BCUT2D eigenvalue weighted by atomic mass is 19.1. The lowest BCUT2D eigenvalue weighted by molar-refractivity contribution is 0.112. The lowest BCUT2D eigenvalue weighted by atomic mass is 9.77. The Balaban J connectivity index is 1.87. The van der Waals surface area contributed by atoms with E-state index < -0.39 is 7.12 Å². The van der Waals surface area contributed by atoms with Crippen molar-refractivity contribution in [3.8, 4) is 5.75 Å². The van der Waals surface area contributed by atoms with Crippen LogP contribution in [0.15, 0.2) is 48.7 Å². The number of rotatable bonds is 5. The number of benzene rings is 2. The monoisotopic (exact) mass is 325 g/mol. The van der Waals surface area contributed by atoms with Crippen LogP contribution in [-0.4, -0.2) is 28.4 Å². The molecular formula is C17H13BFNO4. The van der Waals surface area contributed by atoms with Crippen LogP contribution in [0.3, 0.4) is 0 Å². The molecule has 0 bridgehead atoms. The number of pyridine rings is 1. The van der Waals surface area contributed by atoms with Crippen LogP contribution in [0, 0.1) is 5.82 Å². The molecule has 120 valence electrons. The van der Waals surface area contributed by atoms with Gasteiger partial charge < -0.3 is 14.8 Å². The number of aromatic nitrogens is 1. The second-order valence-electron chi connectivity index (χ2n) is 5.21. The van der Waals surface area contributed by atoms with Crippen LogP contribution < -0.4 is 10.2 Å². The predicted molar refractivity (Wildman–Crippen MR) is 87.7 cm³/mol. The molecule has 3 rings (SSSR count). The summed E-state index contributed by atoms with van der Waals surface area (Å²) in [6.07, 6.45) is 2.13. The van der Waals surface area contributed by atoms with Gasteiger partial charge in [0, 0.05) is 22.7 Å². The molecule has 7 heteroatoms. The SMILES string of the molecule is O=Cc1cc(OCc2cc(F)cc3cccnc23)ccc1B(O)O. The number of carbonyl (C=O) groups excluding carboxylic acids is 1. The van der Waals surface area contributed by atoms with Gasteiger partial charge in [0.15, 0.2) is 0 Å². The molecule has 1 heterocycles. The Morgan fingerprint density at radius 2 is 2.04 bits per heavy atom. The highest BCUT2D eigenvalue weighted by Crippen LogP contribution is 2.21. The molecule has 3 aromatic rings. The summed E-state index contributed by atoms with van der Waals surface area (Å²) in [5.74, 6) is -0.0312. The number of fused-ring (bicyclic) bond motifs is 1. The van der Waals surface area contributed by atoms with Crippen LogP contribution >= 0.6 is 0 Å². The highest BCUT2D eigenvalue weighted by Gasteiger charge is 2.16. The standard InChI is InChI=1S/C17H13BFNO4/c19-14-6-11-2-1-5-20-17(11)13(7-14)10-24-15-3-4-16(18(22)23)12(8-15)9-21/h1-9,22-23H,10H2. The minimum Gasteiger partial charge on any atom is -0.489 e. The average Bonchev–Trinajstić information content (AvgIpc) is 2.59. The molecule has 2 N–H and O–H groups in total. The molecule has 0 unspecified atom stereocenters. The van der Waals surface area contributed by atoms with Crippen LogP contribution in [-0.2, 0) is 6.61 Å².